The molecular weight excluding hydrogens is 1060 g/mol. The number of benzene rings is 14. The van der Waals surface area contributed by atoms with E-state index in [4.69, 9.17) is 9.47 Å². The summed E-state index contributed by atoms with van der Waals surface area (Å²) in [5.74, 6) is 1.39. The third-order valence-electron chi connectivity index (χ3n) is 17.4. The van der Waals surface area contributed by atoms with Gasteiger partial charge in [0, 0.05) is 27.7 Å². The molecule has 0 amide bonds. The average Bonchev–Trinajstić information content (AvgIpc) is 1.40. The summed E-state index contributed by atoms with van der Waals surface area (Å²) in [7, 11) is 0. The predicted octanol–water partition coefficient (Wildman–Crippen LogP) is 20.7. The lowest BCUT2D eigenvalue weighted by Crippen LogP contribution is -2.20. The summed E-state index contributed by atoms with van der Waals surface area (Å²) in [5, 5.41) is 30.6. The van der Waals surface area contributed by atoms with Gasteiger partial charge in [-0.15, -0.1) is 0 Å². The van der Waals surface area contributed by atoms with Gasteiger partial charge in [0.15, 0.2) is 0 Å². The second kappa shape index (κ2) is 23.6. The summed E-state index contributed by atoms with van der Waals surface area (Å²) in [6, 6.07) is 105. The molecule has 14 aromatic carbocycles. The fourth-order valence-corrected chi connectivity index (χ4v) is 12.9. The van der Waals surface area contributed by atoms with Crippen LogP contribution in [0.5, 0.6) is 11.5 Å². The van der Waals surface area contributed by atoms with E-state index >= 15 is 0 Å². The molecule has 420 valence electrons. The molecule has 4 nitrogen and oxygen atoms in total. The summed E-state index contributed by atoms with van der Waals surface area (Å²) >= 11 is 0. The fourth-order valence-electron chi connectivity index (χ4n) is 12.9. The van der Waals surface area contributed by atoms with Crippen molar-refractivity contribution in [1.29, 1.82) is 0 Å². The Bertz CT molecular complexity index is 4280. The molecule has 0 aliphatic carbocycles. The molecule has 0 aliphatic heterocycles. The van der Waals surface area contributed by atoms with E-state index in [1.807, 2.05) is 0 Å². The van der Waals surface area contributed by atoms with Crippen molar-refractivity contribution in [3.05, 3.63) is 302 Å². The first-order valence-electron chi connectivity index (χ1n) is 30.0. The normalized spacial score (nSPS) is 11.6. The minimum atomic E-state index is -0.695. The van der Waals surface area contributed by atoms with Crippen LogP contribution < -0.4 is 9.47 Å². The first-order chi connectivity index (χ1) is 42.8. The van der Waals surface area contributed by atoms with Gasteiger partial charge in [0.2, 0.25) is 0 Å². The van der Waals surface area contributed by atoms with Gasteiger partial charge in [0.1, 0.15) is 24.7 Å². The van der Waals surface area contributed by atoms with Crippen molar-refractivity contribution in [2.45, 2.75) is 19.3 Å². The Morgan fingerprint density at radius 3 is 0.724 bits per heavy atom. The molecule has 2 N–H and O–H groups in total. The van der Waals surface area contributed by atoms with Crippen molar-refractivity contribution in [2.24, 2.45) is 0 Å². The van der Waals surface area contributed by atoms with Gasteiger partial charge in [-0.05, 0) is 170 Å². The number of fused-ring (bicyclic) bond motifs is 4. The molecule has 87 heavy (non-hydrogen) atoms. The molecule has 0 heterocycles. The molecule has 0 aliphatic rings. The number of rotatable bonds is 16. The Kier molecular flexibility index (Phi) is 14.8. The molecule has 0 fully saturated rings. The summed E-state index contributed by atoms with van der Waals surface area (Å²) in [6.45, 7) is 4.54. The molecule has 0 bridgehead atoms. The van der Waals surface area contributed by atoms with Gasteiger partial charge in [0.25, 0.3) is 0 Å². The zero-order valence-corrected chi connectivity index (χ0v) is 48.8. The second-order valence-electron chi connectivity index (χ2n) is 23.0. The minimum Gasteiger partial charge on any atom is -0.490 e. The second-order valence-corrected chi connectivity index (χ2v) is 23.0. The van der Waals surface area contributed by atoms with Gasteiger partial charge in [0.05, 0.1) is 13.2 Å². The first-order valence-corrected chi connectivity index (χ1v) is 30.0. The van der Waals surface area contributed by atoms with Crippen LogP contribution in [0.3, 0.4) is 0 Å². The molecular formula is C83H64O4. The highest BCUT2D eigenvalue weighted by Gasteiger charge is 2.31. The SMILES string of the molecule is CC(C)(c1cc(-c2cccc(-c3cccc4ccccc34)c2)c(OCCO)c(-c2cccc(-c3cccc4ccccc34)c2)c1)c1cc(-c2cccc(-c3cccc4ccccc34)c2)c(OCCO)c(-c2cccc(-c3cccc4ccccc34)c2)c1. The third kappa shape index (κ3) is 10.5. The maximum Gasteiger partial charge on any atom is 0.135 e. The highest BCUT2D eigenvalue weighted by atomic mass is 16.5. The molecule has 14 aromatic rings. The molecule has 0 saturated heterocycles. The topological polar surface area (TPSA) is 58.9 Å². The molecule has 0 atom stereocenters. The van der Waals surface area contributed by atoms with Crippen molar-refractivity contribution < 1.29 is 19.7 Å². The van der Waals surface area contributed by atoms with Crippen LogP contribution >= 0.6 is 0 Å². The molecule has 14 rings (SSSR count). The highest BCUT2D eigenvalue weighted by molar-refractivity contribution is 6.02. The van der Waals surface area contributed by atoms with E-state index in [2.05, 4.69) is 305 Å². The Balaban J connectivity index is 1.02. The number of ether oxygens (including phenoxy) is 2. The Morgan fingerprint density at radius 1 is 0.253 bits per heavy atom. The van der Waals surface area contributed by atoms with E-state index < -0.39 is 5.41 Å². The fraction of sp³-hybridized carbons (Fsp3) is 0.0843. The van der Waals surface area contributed by atoms with Crippen molar-refractivity contribution in [3.8, 4) is 101 Å². The Hall–Kier alpha value is -10.4. The van der Waals surface area contributed by atoms with E-state index in [1.165, 1.54) is 43.1 Å². The summed E-state index contributed by atoms with van der Waals surface area (Å²) in [5.41, 5.74) is 18.0. The van der Waals surface area contributed by atoms with E-state index in [0.717, 1.165) is 100 Å². The monoisotopic (exact) mass is 1120 g/mol. The van der Waals surface area contributed by atoms with Crippen LogP contribution in [0.4, 0.5) is 0 Å². The van der Waals surface area contributed by atoms with Gasteiger partial charge in [-0.2, -0.15) is 0 Å². The maximum atomic E-state index is 10.6. The third-order valence-corrected chi connectivity index (χ3v) is 17.4. The molecule has 0 spiro atoms. The minimum absolute atomic E-state index is 0.104. The smallest absolute Gasteiger partial charge is 0.135 e. The van der Waals surface area contributed by atoms with Crippen LogP contribution in [0.2, 0.25) is 0 Å². The van der Waals surface area contributed by atoms with Gasteiger partial charge in [-0.1, -0.05) is 257 Å². The zero-order valence-electron chi connectivity index (χ0n) is 48.8. The standard InChI is InChI=1S/C83H64O4/c1-83(2,67-51-77(63-31-11-27-59(47-63)73-39-15-23-55-19-3-7-35-69(55)73)81(86-45-43-84)78(52-67)64-32-12-28-60(48-64)74-40-16-24-56-20-4-8-36-70(56)74)68-53-79(65-33-13-29-61(49-65)75-41-17-25-57-21-5-9-37-71(57)75)82(87-46-44-85)80(54-68)66-34-14-30-62(50-66)76-42-18-26-58-22-6-10-38-72(58)76/h3-42,47-54,84-85H,43-46H2,1-2H3. The lowest BCUT2D eigenvalue weighted by Gasteiger charge is -2.31. The summed E-state index contributed by atoms with van der Waals surface area (Å²) in [6.07, 6.45) is 0. The largest absolute Gasteiger partial charge is 0.490 e. The van der Waals surface area contributed by atoms with E-state index in [0.29, 0.717) is 11.5 Å². The van der Waals surface area contributed by atoms with Crippen LogP contribution in [0, 0.1) is 0 Å². The van der Waals surface area contributed by atoms with E-state index in [1.54, 1.807) is 0 Å². The lowest BCUT2D eigenvalue weighted by molar-refractivity contribution is 0.202. The Labute approximate surface area is 508 Å². The molecule has 0 saturated carbocycles. The van der Waals surface area contributed by atoms with Crippen molar-refractivity contribution in [2.75, 3.05) is 26.4 Å². The van der Waals surface area contributed by atoms with Crippen molar-refractivity contribution in [1.82, 2.24) is 0 Å². The predicted molar refractivity (Wildman–Crippen MR) is 364 cm³/mol. The number of aliphatic hydroxyl groups is 2. The maximum absolute atomic E-state index is 10.6. The van der Waals surface area contributed by atoms with Crippen molar-refractivity contribution in [3.63, 3.8) is 0 Å². The summed E-state index contributed by atoms with van der Waals surface area (Å²) in [4.78, 5) is 0. The van der Waals surface area contributed by atoms with E-state index in [-0.39, 0.29) is 26.4 Å². The van der Waals surface area contributed by atoms with Crippen LogP contribution in [-0.4, -0.2) is 36.6 Å². The first kappa shape index (κ1) is 54.6. The van der Waals surface area contributed by atoms with Gasteiger partial charge in [-0.25, -0.2) is 0 Å². The average molecular weight is 1130 g/mol. The zero-order chi connectivity index (χ0) is 58.8. The van der Waals surface area contributed by atoms with Gasteiger partial charge < -0.3 is 19.7 Å². The number of hydrogen-bond acceptors (Lipinski definition) is 4. The van der Waals surface area contributed by atoms with Crippen LogP contribution in [0.25, 0.3) is 132 Å². The van der Waals surface area contributed by atoms with E-state index in [9.17, 15) is 10.2 Å². The van der Waals surface area contributed by atoms with Gasteiger partial charge in [-0.3, -0.25) is 0 Å². The van der Waals surface area contributed by atoms with Crippen LogP contribution in [0.15, 0.2) is 291 Å². The lowest BCUT2D eigenvalue weighted by atomic mass is 9.74. The molecule has 0 unspecified atom stereocenters. The molecule has 4 heteroatoms. The summed E-state index contributed by atoms with van der Waals surface area (Å²) < 4.78 is 13.8. The highest BCUT2D eigenvalue weighted by Crippen LogP contribution is 2.50. The van der Waals surface area contributed by atoms with Gasteiger partial charge >= 0.3 is 0 Å². The molecule has 0 radical (unpaired) electrons. The number of aliphatic hydroxyl groups excluding tert-OH is 2. The molecule has 0 aromatic heterocycles. The van der Waals surface area contributed by atoms with Crippen molar-refractivity contribution >= 4 is 43.1 Å². The number of hydrogen-bond donors (Lipinski definition) is 2. The van der Waals surface area contributed by atoms with Crippen LogP contribution in [0.1, 0.15) is 25.0 Å². The quantitative estimate of drug-likeness (QED) is 0.101. The van der Waals surface area contributed by atoms with Crippen LogP contribution in [-0.2, 0) is 5.41 Å². The Morgan fingerprint density at radius 2 is 0.471 bits per heavy atom.